The van der Waals surface area contributed by atoms with E-state index in [4.69, 9.17) is 23.2 Å². The van der Waals surface area contributed by atoms with Crippen LogP contribution < -0.4 is 4.90 Å². The van der Waals surface area contributed by atoms with Crippen molar-refractivity contribution in [2.75, 3.05) is 11.4 Å². The summed E-state index contributed by atoms with van der Waals surface area (Å²) >= 11 is 11.8. The Bertz CT molecular complexity index is 633. The van der Waals surface area contributed by atoms with E-state index in [0.29, 0.717) is 16.6 Å². The van der Waals surface area contributed by atoms with Crippen LogP contribution in [0.15, 0.2) is 24.5 Å². The molecule has 0 saturated heterocycles. The Kier molecular flexibility index (Phi) is 3.29. The van der Waals surface area contributed by atoms with Gasteiger partial charge in [-0.1, -0.05) is 23.2 Å². The molecule has 3 rings (SSSR count). The third-order valence-electron chi connectivity index (χ3n) is 3.18. The van der Waals surface area contributed by atoms with E-state index in [2.05, 4.69) is 14.9 Å². The van der Waals surface area contributed by atoms with Gasteiger partial charge in [0.25, 0.3) is 0 Å². The van der Waals surface area contributed by atoms with Crippen LogP contribution in [0.1, 0.15) is 11.1 Å². The van der Waals surface area contributed by atoms with E-state index in [-0.39, 0.29) is 0 Å². The van der Waals surface area contributed by atoms with Gasteiger partial charge >= 0.3 is 0 Å². The number of halogens is 3. The maximum absolute atomic E-state index is 13.0. The second kappa shape index (κ2) is 4.94. The van der Waals surface area contributed by atoms with Gasteiger partial charge in [-0.3, -0.25) is 0 Å². The Hall–Kier alpha value is -1.39. The van der Waals surface area contributed by atoms with E-state index in [1.54, 1.807) is 12.3 Å². The maximum atomic E-state index is 13.0. The first kappa shape index (κ1) is 12.6. The van der Waals surface area contributed by atoms with Crippen LogP contribution in [0.25, 0.3) is 0 Å². The summed E-state index contributed by atoms with van der Waals surface area (Å²) in [5, 5.41) is 0.918. The number of rotatable bonds is 1. The number of fused-ring (bicyclic) bond motifs is 1. The van der Waals surface area contributed by atoms with Crippen LogP contribution in [0.5, 0.6) is 0 Å². The van der Waals surface area contributed by atoms with Gasteiger partial charge in [0.15, 0.2) is 0 Å². The van der Waals surface area contributed by atoms with Gasteiger partial charge in [0.2, 0.25) is 5.95 Å². The fourth-order valence-corrected chi connectivity index (χ4v) is 2.43. The Morgan fingerprint density at radius 2 is 1.89 bits per heavy atom. The molecule has 0 bridgehead atoms. The molecule has 98 valence electrons. The molecular formula is C13H10Cl2FN3. The topological polar surface area (TPSA) is 29.0 Å². The molecule has 0 spiro atoms. The predicted molar refractivity (Wildman–Crippen MR) is 73.2 cm³/mol. The van der Waals surface area contributed by atoms with E-state index in [0.717, 1.165) is 29.9 Å². The Balaban J connectivity index is 1.89. The molecule has 0 unspecified atom stereocenters. The van der Waals surface area contributed by atoms with Crippen LogP contribution in [-0.4, -0.2) is 16.5 Å². The fourth-order valence-electron chi connectivity index (χ4n) is 2.18. The van der Waals surface area contributed by atoms with Crippen LogP contribution in [-0.2, 0) is 13.0 Å². The second-order valence-electron chi connectivity index (χ2n) is 4.40. The molecule has 0 saturated carbocycles. The van der Waals surface area contributed by atoms with Gasteiger partial charge in [-0.25, -0.2) is 9.97 Å². The number of pyridine rings is 2. The average Bonchev–Trinajstić information content (AvgIpc) is 2.41. The van der Waals surface area contributed by atoms with Gasteiger partial charge < -0.3 is 4.90 Å². The molecule has 2 aromatic heterocycles. The quantitative estimate of drug-likeness (QED) is 0.755. The van der Waals surface area contributed by atoms with Gasteiger partial charge in [0.05, 0.1) is 10.0 Å². The van der Waals surface area contributed by atoms with E-state index in [1.807, 2.05) is 0 Å². The number of aromatic nitrogens is 2. The van der Waals surface area contributed by atoms with E-state index in [9.17, 15) is 4.39 Å². The molecule has 2 aromatic rings. The van der Waals surface area contributed by atoms with Crippen molar-refractivity contribution < 1.29 is 4.39 Å². The van der Waals surface area contributed by atoms with E-state index < -0.39 is 5.95 Å². The van der Waals surface area contributed by atoms with Crippen LogP contribution in [0.3, 0.4) is 0 Å². The summed E-state index contributed by atoms with van der Waals surface area (Å²) in [5.74, 6) is 0.337. The van der Waals surface area contributed by atoms with Gasteiger partial charge in [-0.15, -0.1) is 0 Å². The number of nitrogens with zero attached hydrogens (tertiary/aromatic N) is 3. The summed E-state index contributed by atoms with van der Waals surface area (Å²) in [4.78, 5) is 10.0. The highest BCUT2D eigenvalue weighted by atomic mass is 35.5. The zero-order valence-corrected chi connectivity index (χ0v) is 11.4. The molecule has 0 amide bonds. The fraction of sp³-hybridized carbons (Fsp3) is 0.231. The molecule has 0 fully saturated rings. The van der Waals surface area contributed by atoms with Crippen molar-refractivity contribution in [2.24, 2.45) is 0 Å². The molecular weight excluding hydrogens is 288 g/mol. The van der Waals surface area contributed by atoms with Crippen molar-refractivity contribution in [3.05, 3.63) is 51.6 Å². The lowest BCUT2D eigenvalue weighted by atomic mass is 10.0. The standard InChI is InChI=1S/C13H10Cl2FN3/c14-10-4-13(18-6-11(10)15)19-2-1-8-3-12(16)17-5-9(8)7-19/h3-6H,1-2,7H2. The first-order valence-electron chi connectivity index (χ1n) is 5.83. The lowest BCUT2D eigenvalue weighted by Gasteiger charge is -2.29. The van der Waals surface area contributed by atoms with Gasteiger partial charge in [0.1, 0.15) is 5.82 Å². The number of anilines is 1. The second-order valence-corrected chi connectivity index (χ2v) is 5.22. The molecule has 0 N–H and O–H groups in total. The summed E-state index contributed by atoms with van der Waals surface area (Å²) in [6.07, 6.45) is 3.88. The Morgan fingerprint density at radius 3 is 2.68 bits per heavy atom. The largest absolute Gasteiger partial charge is 0.352 e. The molecule has 3 nitrogen and oxygen atoms in total. The molecule has 19 heavy (non-hydrogen) atoms. The third kappa shape index (κ3) is 2.51. The van der Waals surface area contributed by atoms with E-state index in [1.165, 1.54) is 12.3 Å². The van der Waals surface area contributed by atoms with Gasteiger partial charge in [-0.05, 0) is 23.6 Å². The van der Waals surface area contributed by atoms with Crippen LogP contribution >= 0.6 is 23.2 Å². The SMILES string of the molecule is Fc1cc2c(cn1)CN(c1cc(Cl)c(Cl)cn1)CC2. The summed E-state index contributed by atoms with van der Waals surface area (Å²) in [6.45, 7) is 1.41. The highest BCUT2D eigenvalue weighted by molar-refractivity contribution is 6.42. The van der Waals surface area contributed by atoms with Crippen molar-refractivity contribution in [3.8, 4) is 0 Å². The molecule has 6 heteroatoms. The molecule has 1 aliphatic rings. The highest BCUT2D eigenvalue weighted by Crippen LogP contribution is 2.28. The van der Waals surface area contributed by atoms with Crippen LogP contribution in [0.4, 0.5) is 10.2 Å². The summed E-state index contributed by atoms with van der Waals surface area (Å²) in [5.41, 5.74) is 2.02. The van der Waals surface area contributed by atoms with Crippen molar-refractivity contribution in [2.45, 2.75) is 13.0 Å². The first-order chi connectivity index (χ1) is 9.13. The first-order valence-corrected chi connectivity index (χ1v) is 6.58. The predicted octanol–water partition coefficient (Wildman–Crippen LogP) is 3.49. The molecule has 0 aliphatic carbocycles. The summed E-state index contributed by atoms with van der Waals surface area (Å²) < 4.78 is 13.0. The minimum atomic E-state index is -0.431. The lowest BCUT2D eigenvalue weighted by Crippen LogP contribution is -2.31. The number of hydrogen-bond donors (Lipinski definition) is 0. The zero-order valence-electron chi connectivity index (χ0n) is 9.91. The average molecular weight is 298 g/mol. The molecule has 3 heterocycles. The molecule has 0 radical (unpaired) electrons. The number of hydrogen-bond acceptors (Lipinski definition) is 3. The van der Waals surface area contributed by atoms with Crippen LogP contribution in [0, 0.1) is 5.95 Å². The summed E-state index contributed by atoms with van der Waals surface area (Å²) in [7, 11) is 0. The molecule has 1 aliphatic heterocycles. The Labute approximate surface area is 120 Å². The highest BCUT2D eigenvalue weighted by Gasteiger charge is 2.19. The van der Waals surface area contributed by atoms with Crippen LogP contribution in [0.2, 0.25) is 10.0 Å². The third-order valence-corrected chi connectivity index (χ3v) is 3.89. The minimum Gasteiger partial charge on any atom is -0.352 e. The molecule has 0 atom stereocenters. The van der Waals surface area contributed by atoms with Gasteiger partial charge in [0, 0.05) is 31.5 Å². The monoisotopic (exact) mass is 297 g/mol. The van der Waals surface area contributed by atoms with Crippen molar-refractivity contribution in [3.63, 3.8) is 0 Å². The minimum absolute atomic E-state index is 0.431. The van der Waals surface area contributed by atoms with E-state index >= 15 is 0 Å². The smallest absolute Gasteiger partial charge is 0.213 e. The van der Waals surface area contributed by atoms with Crippen molar-refractivity contribution in [1.29, 1.82) is 0 Å². The molecule has 0 aromatic carbocycles. The van der Waals surface area contributed by atoms with Gasteiger partial charge in [-0.2, -0.15) is 4.39 Å². The zero-order chi connectivity index (χ0) is 13.4. The Morgan fingerprint density at radius 1 is 1.05 bits per heavy atom. The normalized spacial score (nSPS) is 14.4. The summed E-state index contributed by atoms with van der Waals surface area (Å²) in [6, 6.07) is 3.24. The van der Waals surface area contributed by atoms with Crippen molar-refractivity contribution >= 4 is 29.0 Å². The van der Waals surface area contributed by atoms with Crippen molar-refractivity contribution in [1.82, 2.24) is 9.97 Å². The lowest BCUT2D eigenvalue weighted by molar-refractivity contribution is 0.574. The maximum Gasteiger partial charge on any atom is 0.213 e.